The summed E-state index contributed by atoms with van der Waals surface area (Å²) in [5.74, 6) is 1.44. The van der Waals surface area contributed by atoms with Crippen molar-refractivity contribution in [2.45, 2.75) is 85.2 Å². The predicted octanol–water partition coefficient (Wildman–Crippen LogP) is 5.90. The SMILES string of the molecule is CCCCOc1c(C)cc(-c2ccc3c(c2)CCC(C)(C)[C@H]3N(C(=O)[O-])[C@@H]2CN3CCC2CC3)cc1C. The first kappa shape index (κ1) is 26.1. The minimum Gasteiger partial charge on any atom is -0.530 e. The summed E-state index contributed by atoms with van der Waals surface area (Å²) in [6.45, 7) is 14.7. The molecule has 1 aliphatic carbocycles. The van der Waals surface area contributed by atoms with E-state index in [1.54, 1.807) is 4.90 Å². The quantitative estimate of drug-likeness (QED) is 0.441. The number of hydrogen-bond acceptors (Lipinski definition) is 4. The van der Waals surface area contributed by atoms with Gasteiger partial charge in [0.1, 0.15) is 11.8 Å². The first-order valence-electron chi connectivity index (χ1n) is 14.3. The number of piperidine rings is 3. The number of fused-ring (bicyclic) bond motifs is 4. The zero-order chi connectivity index (χ0) is 26.3. The summed E-state index contributed by atoms with van der Waals surface area (Å²) in [6, 6.07) is 11.0. The van der Waals surface area contributed by atoms with Crippen LogP contribution < -0.4 is 9.84 Å². The molecule has 0 unspecified atom stereocenters. The number of amides is 1. The number of ether oxygens (including phenoxy) is 1. The maximum absolute atomic E-state index is 12.7. The first-order chi connectivity index (χ1) is 17.7. The van der Waals surface area contributed by atoms with Crippen LogP contribution in [0.5, 0.6) is 5.75 Å². The fourth-order valence-electron chi connectivity index (χ4n) is 7.15. The van der Waals surface area contributed by atoms with Crippen LogP contribution in [0.4, 0.5) is 4.79 Å². The van der Waals surface area contributed by atoms with Gasteiger partial charge in [0.25, 0.3) is 0 Å². The zero-order valence-electron chi connectivity index (χ0n) is 23.3. The minimum atomic E-state index is -1.02. The van der Waals surface area contributed by atoms with E-state index in [-0.39, 0.29) is 17.5 Å². The molecule has 2 aromatic carbocycles. The van der Waals surface area contributed by atoms with E-state index in [0.29, 0.717) is 5.92 Å². The van der Waals surface area contributed by atoms with Gasteiger partial charge >= 0.3 is 0 Å². The van der Waals surface area contributed by atoms with E-state index < -0.39 is 6.09 Å². The highest BCUT2D eigenvalue weighted by atomic mass is 16.5. The highest BCUT2D eigenvalue weighted by Crippen LogP contribution is 2.50. The summed E-state index contributed by atoms with van der Waals surface area (Å²) < 4.78 is 6.08. The van der Waals surface area contributed by atoms with Crippen LogP contribution in [-0.4, -0.2) is 48.2 Å². The van der Waals surface area contributed by atoms with E-state index in [2.05, 4.69) is 69.9 Å². The van der Waals surface area contributed by atoms with E-state index in [9.17, 15) is 9.90 Å². The fraction of sp³-hybridized carbons (Fsp3) is 0.594. The molecule has 37 heavy (non-hydrogen) atoms. The van der Waals surface area contributed by atoms with Gasteiger partial charge in [-0.1, -0.05) is 45.4 Å². The van der Waals surface area contributed by atoms with Crippen LogP contribution in [0.25, 0.3) is 11.1 Å². The van der Waals surface area contributed by atoms with Gasteiger partial charge in [-0.05, 0) is 116 Å². The molecule has 3 saturated heterocycles. The third-order valence-corrected chi connectivity index (χ3v) is 9.22. The molecule has 2 atom stereocenters. The lowest BCUT2D eigenvalue weighted by Crippen LogP contribution is -2.63. The molecule has 200 valence electrons. The molecule has 6 rings (SSSR count). The molecule has 0 aromatic heterocycles. The van der Waals surface area contributed by atoms with Crippen molar-refractivity contribution in [1.29, 1.82) is 0 Å². The number of aryl methyl sites for hydroxylation is 3. The van der Waals surface area contributed by atoms with Crippen LogP contribution >= 0.6 is 0 Å². The predicted molar refractivity (Wildman–Crippen MR) is 147 cm³/mol. The van der Waals surface area contributed by atoms with Crippen LogP contribution in [0.1, 0.15) is 81.2 Å². The van der Waals surface area contributed by atoms with Crippen LogP contribution in [0.15, 0.2) is 30.3 Å². The van der Waals surface area contributed by atoms with Gasteiger partial charge in [0.2, 0.25) is 0 Å². The Morgan fingerprint density at radius 3 is 2.41 bits per heavy atom. The molecule has 5 nitrogen and oxygen atoms in total. The average Bonchev–Trinajstić information content (AvgIpc) is 2.87. The Kier molecular flexibility index (Phi) is 7.28. The minimum absolute atomic E-state index is 0.0213. The summed E-state index contributed by atoms with van der Waals surface area (Å²) in [4.78, 5) is 16.9. The molecule has 3 fully saturated rings. The van der Waals surface area contributed by atoms with Crippen LogP contribution in [-0.2, 0) is 6.42 Å². The third kappa shape index (κ3) is 4.99. The number of carboxylic acid groups (broad SMARTS) is 1. The van der Waals surface area contributed by atoms with Crippen molar-refractivity contribution in [3.8, 4) is 16.9 Å². The van der Waals surface area contributed by atoms with E-state index in [4.69, 9.17) is 4.74 Å². The van der Waals surface area contributed by atoms with Crippen molar-refractivity contribution >= 4 is 6.09 Å². The Morgan fingerprint density at radius 1 is 1.11 bits per heavy atom. The maximum atomic E-state index is 12.7. The number of carbonyl (C=O) groups is 1. The van der Waals surface area contributed by atoms with Crippen molar-refractivity contribution < 1.29 is 14.6 Å². The Bertz CT molecular complexity index is 1130. The molecule has 5 heteroatoms. The number of nitrogens with zero attached hydrogens (tertiary/aromatic N) is 2. The molecule has 3 aliphatic heterocycles. The summed E-state index contributed by atoms with van der Waals surface area (Å²) in [5.41, 5.74) is 6.98. The summed E-state index contributed by atoms with van der Waals surface area (Å²) >= 11 is 0. The summed E-state index contributed by atoms with van der Waals surface area (Å²) in [6.07, 6.45) is 5.27. The molecule has 0 radical (unpaired) electrons. The standard InChI is InChI=1S/C32H44N2O3/c1-6-7-16-37-29-21(2)17-26(18-22(29)3)24-8-9-27-25(19-24)10-13-32(4,5)30(27)34(31(35)36)28-20-33-14-11-23(28)12-15-33/h8-9,17-19,23,28,30H,6-7,10-16,20H2,1-5H3,(H,35,36)/p-1/t28-,30+/m1/s1. The number of rotatable bonds is 7. The smallest absolute Gasteiger partial charge is 0.137 e. The third-order valence-electron chi connectivity index (χ3n) is 9.22. The second-order valence-electron chi connectivity index (χ2n) is 12.3. The maximum Gasteiger partial charge on any atom is 0.137 e. The molecule has 2 aromatic rings. The van der Waals surface area contributed by atoms with Gasteiger partial charge in [-0.3, -0.25) is 0 Å². The Labute approximate surface area is 222 Å². The van der Waals surface area contributed by atoms with Gasteiger partial charge in [0.15, 0.2) is 0 Å². The van der Waals surface area contributed by atoms with Gasteiger partial charge in [0.05, 0.1) is 12.6 Å². The first-order valence-corrected chi connectivity index (χ1v) is 14.3. The molecule has 0 N–H and O–H groups in total. The Hall–Kier alpha value is -2.53. The molecular formula is C32H43N2O3-. The molecule has 1 amide bonds. The van der Waals surface area contributed by atoms with Gasteiger partial charge in [-0.25, -0.2) is 0 Å². The number of carbonyl (C=O) groups excluding carboxylic acids is 1. The van der Waals surface area contributed by atoms with E-state index in [1.165, 1.54) is 16.7 Å². The molecule has 4 aliphatic rings. The number of hydrogen-bond donors (Lipinski definition) is 0. The molecule has 3 heterocycles. The zero-order valence-corrected chi connectivity index (χ0v) is 23.3. The van der Waals surface area contributed by atoms with Crippen molar-refractivity contribution in [2.24, 2.45) is 11.3 Å². The molecule has 2 bridgehead atoms. The van der Waals surface area contributed by atoms with Gasteiger partial charge in [0, 0.05) is 12.6 Å². The number of benzene rings is 2. The van der Waals surface area contributed by atoms with Crippen molar-refractivity contribution in [3.63, 3.8) is 0 Å². The lowest BCUT2D eigenvalue weighted by molar-refractivity contribution is -0.277. The molecular weight excluding hydrogens is 460 g/mol. The fourth-order valence-corrected chi connectivity index (χ4v) is 7.15. The number of unbranched alkanes of at least 4 members (excludes halogenated alkanes) is 1. The Morgan fingerprint density at radius 2 is 1.81 bits per heavy atom. The Balaban J connectivity index is 1.48. The van der Waals surface area contributed by atoms with E-state index in [1.807, 2.05) is 0 Å². The molecule has 0 spiro atoms. The summed E-state index contributed by atoms with van der Waals surface area (Å²) in [5, 5.41) is 12.7. The van der Waals surface area contributed by atoms with Crippen molar-refractivity contribution in [2.75, 3.05) is 26.2 Å². The second kappa shape index (κ2) is 10.3. The van der Waals surface area contributed by atoms with Crippen LogP contribution in [0.2, 0.25) is 0 Å². The van der Waals surface area contributed by atoms with Crippen LogP contribution in [0, 0.1) is 25.2 Å². The lowest BCUT2D eigenvalue weighted by Gasteiger charge is -2.56. The second-order valence-corrected chi connectivity index (χ2v) is 12.3. The van der Waals surface area contributed by atoms with Gasteiger partial charge in [-0.15, -0.1) is 0 Å². The highest BCUT2D eigenvalue weighted by molar-refractivity contribution is 5.70. The molecule has 0 saturated carbocycles. The van der Waals surface area contributed by atoms with E-state index in [0.717, 1.165) is 87.2 Å². The van der Waals surface area contributed by atoms with Gasteiger partial charge in [-0.2, -0.15) is 0 Å². The van der Waals surface area contributed by atoms with E-state index >= 15 is 0 Å². The van der Waals surface area contributed by atoms with Gasteiger partial charge < -0.3 is 24.4 Å². The van der Waals surface area contributed by atoms with Crippen molar-refractivity contribution in [3.05, 3.63) is 52.6 Å². The average molecular weight is 504 g/mol. The highest BCUT2D eigenvalue weighted by Gasteiger charge is 2.46. The topological polar surface area (TPSA) is 55.8 Å². The lowest BCUT2D eigenvalue weighted by atomic mass is 9.68. The largest absolute Gasteiger partial charge is 0.530 e. The van der Waals surface area contributed by atoms with Crippen molar-refractivity contribution in [1.82, 2.24) is 9.80 Å². The summed E-state index contributed by atoms with van der Waals surface area (Å²) in [7, 11) is 0. The monoisotopic (exact) mass is 503 g/mol. The van der Waals surface area contributed by atoms with Crippen LogP contribution in [0.3, 0.4) is 0 Å². The normalized spacial score (nSPS) is 26.0.